The second-order valence-corrected chi connectivity index (χ2v) is 6.61. The van der Waals surface area contributed by atoms with Gasteiger partial charge in [-0.05, 0) is 30.2 Å². The Kier molecular flexibility index (Phi) is 4.99. The summed E-state index contributed by atoms with van der Waals surface area (Å²) >= 11 is 0. The molecule has 28 heavy (non-hydrogen) atoms. The Bertz CT molecular complexity index is 1040. The molecule has 0 aliphatic carbocycles. The number of carbonyl (C=O) groups excluding carboxylic acids is 1. The first-order valence-electron chi connectivity index (χ1n) is 9.06. The van der Waals surface area contributed by atoms with Gasteiger partial charge < -0.3 is 14.5 Å². The monoisotopic (exact) mass is 378 g/mol. The van der Waals surface area contributed by atoms with Crippen LogP contribution in [0.4, 0.5) is 0 Å². The first-order chi connectivity index (χ1) is 13.7. The van der Waals surface area contributed by atoms with Gasteiger partial charge in [-0.1, -0.05) is 18.2 Å². The van der Waals surface area contributed by atoms with Crippen LogP contribution in [0.25, 0.3) is 10.9 Å². The van der Waals surface area contributed by atoms with Gasteiger partial charge in [0.25, 0.3) is 5.91 Å². The van der Waals surface area contributed by atoms with Crippen LogP contribution in [0.5, 0.6) is 11.5 Å². The zero-order valence-electron chi connectivity index (χ0n) is 15.8. The number of nitrogens with one attached hydrogen (secondary N) is 3. The van der Waals surface area contributed by atoms with E-state index in [-0.39, 0.29) is 11.9 Å². The van der Waals surface area contributed by atoms with E-state index in [4.69, 9.17) is 9.47 Å². The third-order valence-electron chi connectivity index (χ3n) is 4.97. The minimum Gasteiger partial charge on any atom is -0.497 e. The smallest absolute Gasteiger partial charge is 0.257 e. The number of methoxy groups -OCH3 is 2. The van der Waals surface area contributed by atoms with Crippen molar-refractivity contribution in [2.24, 2.45) is 5.10 Å². The number of ether oxygens (including phenoxy) is 2. The van der Waals surface area contributed by atoms with Crippen molar-refractivity contribution in [2.75, 3.05) is 14.2 Å². The molecule has 0 bridgehead atoms. The van der Waals surface area contributed by atoms with Gasteiger partial charge in [0.15, 0.2) is 0 Å². The number of rotatable bonds is 5. The summed E-state index contributed by atoms with van der Waals surface area (Å²) < 4.78 is 10.5. The fourth-order valence-electron chi connectivity index (χ4n) is 3.50. The minimum absolute atomic E-state index is 0.167. The van der Waals surface area contributed by atoms with Crippen molar-refractivity contribution in [1.29, 1.82) is 0 Å². The Hall–Kier alpha value is -3.32. The van der Waals surface area contributed by atoms with Crippen LogP contribution in [-0.4, -0.2) is 37.4 Å². The highest BCUT2D eigenvalue weighted by Gasteiger charge is 2.26. The van der Waals surface area contributed by atoms with E-state index in [0.717, 1.165) is 16.8 Å². The van der Waals surface area contributed by atoms with Crippen molar-refractivity contribution in [3.8, 4) is 11.5 Å². The number of aromatic amines is 1. The molecule has 1 amide bonds. The van der Waals surface area contributed by atoms with Crippen LogP contribution < -0.4 is 20.2 Å². The zero-order valence-corrected chi connectivity index (χ0v) is 15.8. The Morgan fingerprint density at radius 3 is 2.89 bits per heavy atom. The van der Waals surface area contributed by atoms with E-state index < -0.39 is 0 Å². The maximum absolute atomic E-state index is 12.6. The molecule has 4 rings (SSSR count). The van der Waals surface area contributed by atoms with E-state index in [1.54, 1.807) is 26.5 Å². The average molecular weight is 378 g/mol. The van der Waals surface area contributed by atoms with Crippen molar-refractivity contribution in [3.05, 3.63) is 59.3 Å². The summed E-state index contributed by atoms with van der Waals surface area (Å²) in [4.78, 5) is 16.0. The lowest BCUT2D eigenvalue weighted by Crippen LogP contribution is -2.46. The number of nitrogens with zero attached hydrogens (tertiary/aromatic N) is 1. The molecule has 0 fully saturated rings. The molecule has 7 nitrogen and oxygen atoms in total. The summed E-state index contributed by atoms with van der Waals surface area (Å²) in [6.07, 6.45) is 2.18. The molecule has 0 radical (unpaired) electrons. The van der Waals surface area contributed by atoms with Gasteiger partial charge in [-0.2, -0.15) is 5.10 Å². The highest BCUT2D eigenvalue weighted by atomic mass is 16.5. The molecular formula is C21H22N4O3. The van der Waals surface area contributed by atoms with Gasteiger partial charge in [-0.15, -0.1) is 0 Å². The van der Waals surface area contributed by atoms with Gasteiger partial charge in [-0.3, -0.25) is 10.1 Å². The number of hydrogen-bond donors (Lipinski definition) is 3. The molecule has 144 valence electrons. The molecular weight excluding hydrogens is 356 g/mol. The molecule has 1 aliphatic heterocycles. The molecule has 2 aromatic carbocycles. The molecule has 0 saturated heterocycles. The quantitative estimate of drug-likeness (QED) is 0.470. The van der Waals surface area contributed by atoms with Crippen molar-refractivity contribution in [1.82, 2.24) is 15.7 Å². The average Bonchev–Trinajstić information content (AvgIpc) is 3.11. The highest BCUT2D eigenvalue weighted by molar-refractivity contribution is 5.89. The molecule has 0 spiro atoms. The minimum atomic E-state index is -0.332. The molecule has 1 aromatic heterocycles. The van der Waals surface area contributed by atoms with E-state index in [9.17, 15) is 4.79 Å². The van der Waals surface area contributed by atoms with Crippen LogP contribution in [-0.2, 0) is 17.8 Å². The molecule has 3 N–H and O–H groups in total. The van der Waals surface area contributed by atoms with Crippen molar-refractivity contribution in [3.63, 3.8) is 0 Å². The lowest BCUT2D eigenvalue weighted by atomic mass is 9.98. The second-order valence-electron chi connectivity index (χ2n) is 6.61. The Morgan fingerprint density at radius 2 is 2.07 bits per heavy atom. The van der Waals surface area contributed by atoms with Gasteiger partial charge >= 0.3 is 0 Å². The molecule has 3 aromatic rings. The lowest BCUT2D eigenvalue weighted by Gasteiger charge is -2.22. The maximum atomic E-state index is 12.6. The van der Waals surface area contributed by atoms with Crippen LogP contribution >= 0.6 is 0 Å². The topological polar surface area (TPSA) is 87.7 Å². The first-order valence-corrected chi connectivity index (χ1v) is 9.06. The van der Waals surface area contributed by atoms with Crippen LogP contribution in [0.2, 0.25) is 0 Å². The van der Waals surface area contributed by atoms with E-state index in [1.165, 1.54) is 10.9 Å². The van der Waals surface area contributed by atoms with E-state index in [2.05, 4.69) is 33.0 Å². The number of hydrogen-bond acceptors (Lipinski definition) is 5. The maximum Gasteiger partial charge on any atom is 0.257 e. The number of amides is 1. The number of fused-ring (bicyclic) bond motifs is 3. The first kappa shape index (κ1) is 18.1. The summed E-state index contributed by atoms with van der Waals surface area (Å²) in [7, 11) is 3.18. The summed E-state index contributed by atoms with van der Waals surface area (Å²) in [6.45, 7) is 0.623. The normalized spacial score (nSPS) is 16.1. The van der Waals surface area contributed by atoms with Crippen LogP contribution in [0.15, 0.2) is 47.6 Å². The molecule has 0 saturated carbocycles. The number of carbonyl (C=O) groups is 1. The van der Waals surface area contributed by atoms with E-state index in [1.807, 2.05) is 24.3 Å². The summed E-state index contributed by atoms with van der Waals surface area (Å²) in [5, 5.41) is 8.53. The molecule has 2 heterocycles. The van der Waals surface area contributed by atoms with Crippen molar-refractivity contribution in [2.45, 2.75) is 19.0 Å². The van der Waals surface area contributed by atoms with Gasteiger partial charge in [0.05, 0.1) is 26.5 Å². The number of hydrazone groups is 1. The SMILES string of the molecule is COc1ccc(C=NNC(=O)C2Cc3c([nH]c4ccccc34)CN2)c(OC)c1. The van der Waals surface area contributed by atoms with E-state index >= 15 is 0 Å². The van der Waals surface area contributed by atoms with E-state index in [0.29, 0.717) is 24.5 Å². The standard InChI is InChI=1S/C21H22N4O3/c1-27-14-8-7-13(20(9-14)28-2)11-23-25-21(26)18-10-16-15-5-3-4-6-17(15)24-19(16)12-22-18/h3-9,11,18,22,24H,10,12H2,1-2H3,(H,25,26). The van der Waals surface area contributed by atoms with Crippen LogP contribution in [0.3, 0.4) is 0 Å². The molecule has 1 atom stereocenters. The fraction of sp³-hybridized carbons (Fsp3) is 0.238. The number of para-hydroxylation sites is 1. The molecule has 7 heteroatoms. The van der Waals surface area contributed by atoms with Gasteiger partial charge in [-0.25, -0.2) is 5.43 Å². The zero-order chi connectivity index (χ0) is 19.5. The van der Waals surface area contributed by atoms with Gasteiger partial charge in [0.2, 0.25) is 0 Å². The number of aromatic nitrogens is 1. The van der Waals surface area contributed by atoms with Gasteiger partial charge in [0.1, 0.15) is 11.5 Å². The Morgan fingerprint density at radius 1 is 1.21 bits per heavy atom. The van der Waals surface area contributed by atoms with Crippen molar-refractivity contribution < 1.29 is 14.3 Å². The second kappa shape index (κ2) is 7.74. The Balaban J connectivity index is 1.44. The number of benzene rings is 2. The molecule has 1 unspecified atom stereocenters. The third kappa shape index (κ3) is 3.44. The largest absolute Gasteiger partial charge is 0.497 e. The Labute approximate surface area is 162 Å². The predicted molar refractivity (Wildman–Crippen MR) is 108 cm³/mol. The summed E-state index contributed by atoms with van der Waals surface area (Å²) in [6, 6.07) is 13.2. The highest BCUT2D eigenvalue weighted by Crippen LogP contribution is 2.26. The predicted octanol–water partition coefficient (Wildman–Crippen LogP) is 2.35. The lowest BCUT2D eigenvalue weighted by molar-refractivity contribution is -0.123. The summed E-state index contributed by atoms with van der Waals surface area (Å²) in [5.41, 5.74) is 6.80. The molecule has 1 aliphatic rings. The third-order valence-corrected chi connectivity index (χ3v) is 4.97. The van der Waals surface area contributed by atoms with Crippen LogP contribution in [0, 0.1) is 0 Å². The number of H-pyrrole nitrogens is 1. The van der Waals surface area contributed by atoms with Crippen molar-refractivity contribution >= 4 is 23.0 Å². The van der Waals surface area contributed by atoms with Gasteiger partial charge in [0, 0.05) is 34.8 Å². The fourth-order valence-corrected chi connectivity index (χ4v) is 3.50. The summed E-state index contributed by atoms with van der Waals surface area (Å²) in [5.74, 6) is 1.15. The van der Waals surface area contributed by atoms with Crippen LogP contribution in [0.1, 0.15) is 16.8 Å².